The average Bonchev–Trinajstić information content (AvgIpc) is 3.09. The lowest BCUT2D eigenvalue weighted by Crippen LogP contribution is -2.33. The van der Waals surface area contributed by atoms with Crippen LogP contribution in [-0.4, -0.2) is 29.8 Å². The predicted molar refractivity (Wildman–Crippen MR) is 109 cm³/mol. The number of hydrogen-bond donors (Lipinski definition) is 1. The van der Waals surface area contributed by atoms with Gasteiger partial charge in [-0.05, 0) is 30.2 Å². The van der Waals surface area contributed by atoms with Gasteiger partial charge in [-0.15, -0.1) is 11.3 Å². The van der Waals surface area contributed by atoms with E-state index in [1.165, 1.54) is 24.8 Å². The minimum absolute atomic E-state index is 0.0509. The summed E-state index contributed by atoms with van der Waals surface area (Å²) in [5.41, 5.74) is 2.99. The van der Waals surface area contributed by atoms with E-state index in [1.807, 2.05) is 13.0 Å². The van der Waals surface area contributed by atoms with E-state index in [0.29, 0.717) is 31.8 Å². The molecule has 1 N–H and O–H groups in total. The molecule has 1 aromatic carbocycles. The molecule has 0 fully saturated rings. The number of fused-ring (bicyclic) bond motifs is 1. The van der Waals surface area contributed by atoms with Crippen molar-refractivity contribution >= 4 is 43.4 Å². The summed E-state index contributed by atoms with van der Waals surface area (Å²) in [6.07, 6.45) is 2.22. The third-order valence-corrected chi connectivity index (χ3v) is 5.93. The lowest BCUT2D eigenvalue weighted by atomic mass is 10.1. The summed E-state index contributed by atoms with van der Waals surface area (Å²) in [5, 5.41) is 0.506. The Balaban J connectivity index is 1.83. The number of aryl methyl sites for hydroxylation is 1. The number of thiophene rings is 1. The van der Waals surface area contributed by atoms with Crippen molar-refractivity contribution in [2.75, 3.05) is 19.6 Å². The molecular weight excluding hydrogens is 434 g/mol. The number of ether oxygens (including phenoxy) is 2. The van der Waals surface area contributed by atoms with Crippen molar-refractivity contribution < 1.29 is 14.3 Å². The van der Waals surface area contributed by atoms with E-state index in [4.69, 9.17) is 9.47 Å². The normalized spacial score (nSPS) is 10.8. The highest BCUT2D eigenvalue weighted by atomic mass is 79.9. The molecule has 2 heterocycles. The number of methoxy groups -OCH3 is 2. The van der Waals surface area contributed by atoms with Crippen LogP contribution < -0.4 is 20.5 Å². The number of carbonyl (C=O) groups is 1. The second-order valence-electron chi connectivity index (χ2n) is 5.72. The molecule has 3 rings (SSSR count). The highest BCUT2D eigenvalue weighted by Gasteiger charge is 2.14. The van der Waals surface area contributed by atoms with E-state index in [9.17, 15) is 9.59 Å². The first-order valence-corrected chi connectivity index (χ1v) is 9.78. The Labute approximate surface area is 168 Å². The third kappa shape index (κ3) is 3.98. The fourth-order valence-electron chi connectivity index (χ4n) is 2.61. The molecule has 0 aliphatic heterocycles. The van der Waals surface area contributed by atoms with Gasteiger partial charge in [-0.25, -0.2) is 9.66 Å². The number of aromatic nitrogens is 2. The Hall–Kier alpha value is -2.39. The number of carbonyl (C=O) groups excluding carboxylic acids is 1. The van der Waals surface area contributed by atoms with Crippen LogP contribution in [0.2, 0.25) is 0 Å². The molecule has 0 saturated heterocycles. The van der Waals surface area contributed by atoms with Gasteiger partial charge in [-0.2, -0.15) is 0 Å². The van der Waals surface area contributed by atoms with Crippen LogP contribution in [-0.2, 0) is 17.6 Å². The van der Waals surface area contributed by atoms with Crippen molar-refractivity contribution in [3.05, 3.63) is 49.8 Å². The van der Waals surface area contributed by atoms with Gasteiger partial charge in [0, 0.05) is 9.35 Å². The number of rotatable bonds is 6. The average molecular weight is 452 g/mol. The van der Waals surface area contributed by atoms with Crippen LogP contribution in [0.1, 0.15) is 17.4 Å². The molecule has 0 saturated carbocycles. The first-order chi connectivity index (χ1) is 13.0. The van der Waals surface area contributed by atoms with Crippen molar-refractivity contribution in [3.8, 4) is 11.5 Å². The molecule has 2 aromatic heterocycles. The molecule has 1 amide bonds. The van der Waals surface area contributed by atoms with Crippen molar-refractivity contribution in [1.29, 1.82) is 0 Å². The summed E-state index contributed by atoms with van der Waals surface area (Å²) in [6.45, 7) is 2.02. The minimum Gasteiger partial charge on any atom is -0.493 e. The maximum atomic E-state index is 12.6. The summed E-state index contributed by atoms with van der Waals surface area (Å²) in [4.78, 5) is 31.0. The van der Waals surface area contributed by atoms with Crippen LogP contribution in [0.15, 0.2) is 33.8 Å². The molecular formula is C18H18BrN3O4S. The lowest BCUT2D eigenvalue weighted by molar-refractivity contribution is -0.116. The van der Waals surface area contributed by atoms with Gasteiger partial charge in [-0.1, -0.05) is 22.9 Å². The van der Waals surface area contributed by atoms with Crippen LogP contribution >= 0.6 is 27.3 Å². The number of amides is 1. The van der Waals surface area contributed by atoms with Crippen LogP contribution in [0.3, 0.4) is 0 Å². The molecule has 9 heteroatoms. The van der Waals surface area contributed by atoms with Crippen molar-refractivity contribution in [2.45, 2.75) is 19.8 Å². The maximum Gasteiger partial charge on any atom is 0.280 e. The van der Waals surface area contributed by atoms with Crippen molar-refractivity contribution in [2.24, 2.45) is 0 Å². The highest BCUT2D eigenvalue weighted by Crippen LogP contribution is 2.33. The quantitative estimate of drug-likeness (QED) is 0.622. The van der Waals surface area contributed by atoms with E-state index < -0.39 is 0 Å². The molecule has 0 atom stereocenters. The molecule has 3 aromatic rings. The van der Waals surface area contributed by atoms with Crippen molar-refractivity contribution in [3.63, 3.8) is 0 Å². The fraction of sp³-hybridized carbons (Fsp3) is 0.278. The standard InChI is InChI=1S/C18H18BrN3O4S/c1-4-11-7-12-17(27-11)20-9-22(18(12)24)21-16(23)6-10-5-14(25-2)15(26-3)8-13(10)19/h5,7-9H,4,6H2,1-3H3,(H,21,23). The molecule has 7 nitrogen and oxygen atoms in total. The van der Waals surface area contributed by atoms with Gasteiger partial charge < -0.3 is 9.47 Å². The third-order valence-electron chi connectivity index (χ3n) is 4.00. The maximum absolute atomic E-state index is 12.6. The lowest BCUT2D eigenvalue weighted by Gasteiger charge is -2.12. The molecule has 0 aliphatic rings. The van der Waals surface area contributed by atoms with Gasteiger partial charge in [0.25, 0.3) is 5.56 Å². The topological polar surface area (TPSA) is 82.5 Å². The highest BCUT2D eigenvalue weighted by molar-refractivity contribution is 9.10. The van der Waals surface area contributed by atoms with E-state index in [1.54, 1.807) is 19.2 Å². The molecule has 0 spiro atoms. The second-order valence-corrected chi connectivity index (χ2v) is 7.68. The van der Waals surface area contributed by atoms with E-state index in [2.05, 4.69) is 26.3 Å². The summed E-state index contributed by atoms with van der Waals surface area (Å²) in [7, 11) is 3.07. The first-order valence-electron chi connectivity index (χ1n) is 8.17. The zero-order valence-electron chi connectivity index (χ0n) is 15.0. The van der Waals surface area contributed by atoms with Gasteiger partial charge in [-0.3, -0.25) is 15.0 Å². The van der Waals surface area contributed by atoms with Gasteiger partial charge in [0.05, 0.1) is 26.0 Å². The monoisotopic (exact) mass is 451 g/mol. The Bertz CT molecular complexity index is 1060. The van der Waals surface area contributed by atoms with Crippen molar-refractivity contribution in [1.82, 2.24) is 9.66 Å². The van der Waals surface area contributed by atoms with Crippen LogP contribution in [0.25, 0.3) is 10.2 Å². The summed E-state index contributed by atoms with van der Waals surface area (Å²) < 4.78 is 12.3. The van der Waals surface area contributed by atoms with E-state index in [-0.39, 0.29) is 17.9 Å². The summed E-state index contributed by atoms with van der Waals surface area (Å²) in [5.74, 6) is 0.731. The number of hydrogen-bond acceptors (Lipinski definition) is 6. The van der Waals surface area contributed by atoms with Gasteiger partial charge >= 0.3 is 0 Å². The molecule has 0 unspecified atom stereocenters. The van der Waals surface area contributed by atoms with Gasteiger partial charge in [0.2, 0.25) is 5.91 Å². The molecule has 27 heavy (non-hydrogen) atoms. The minimum atomic E-state index is -0.350. The number of benzene rings is 1. The molecule has 0 radical (unpaired) electrons. The van der Waals surface area contributed by atoms with Crippen LogP contribution in [0, 0.1) is 0 Å². The Morgan fingerprint density at radius 1 is 1.26 bits per heavy atom. The van der Waals surface area contributed by atoms with Crippen LogP contribution in [0.4, 0.5) is 0 Å². The van der Waals surface area contributed by atoms with E-state index >= 15 is 0 Å². The second kappa shape index (κ2) is 8.10. The largest absolute Gasteiger partial charge is 0.493 e. The fourth-order valence-corrected chi connectivity index (χ4v) is 3.99. The predicted octanol–water partition coefficient (Wildman–Crippen LogP) is 3.11. The zero-order chi connectivity index (χ0) is 19.6. The number of halogens is 1. The molecule has 0 aliphatic carbocycles. The Morgan fingerprint density at radius 3 is 2.63 bits per heavy atom. The van der Waals surface area contributed by atoms with Crippen LogP contribution in [0.5, 0.6) is 11.5 Å². The van der Waals surface area contributed by atoms with Gasteiger partial charge in [0.15, 0.2) is 11.5 Å². The molecule has 0 bridgehead atoms. The Morgan fingerprint density at radius 2 is 1.96 bits per heavy atom. The zero-order valence-corrected chi connectivity index (χ0v) is 17.4. The van der Waals surface area contributed by atoms with Gasteiger partial charge in [0.1, 0.15) is 11.2 Å². The summed E-state index contributed by atoms with van der Waals surface area (Å²) >= 11 is 4.91. The summed E-state index contributed by atoms with van der Waals surface area (Å²) in [6, 6.07) is 5.28. The number of nitrogens with zero attached hydrogens (tertiary/aromatic N) is 2. The van der Waals surface area contributed by atoms with E-state index in [0.717, 1.165) is 16.0 Å². The first kappa shape index (κ1) is 19.4. The SMILES string of the molecule is CCc1cc2c(=O)n(NC(=O)Cc3cc(OC)c(OC)cc3Br)cnc2s1. The smallest absolute Gasteiger partial charge is 0.280 e. The molecule has 142 valence electrons. The number of nitrogens with one attached hydrogen (secondary N) is 1. The Kier molecular flexibility index (Phi) is 5.81.